The second kappa shape index (κ2) is 8.10. The van der Waals surface area contributed by atoms with Crippen molar-refractivity contribution in [3.63, 3.8) is 0 Å². The van der Waals surface area contributed by atoms with E-state index in [1.807, 2.05) is 30.3 Å². The van der Waals surface area contributed by atoms with E-state index >= 15 is 0 Å². The van der Waals surface area contributed by atoms with Crippen LogP contribution < -0.4 is 10.9 Å². The van der Waals surface area contributed by atoms with Crippen molar-refractivity contribution in [1.29, 1.82) is 0 Å². The molecule has 1 N–H and O–H groups in total. The zero-order chi connectivity index (χ0) is 22.1. The molecule has 32 heavy (non-hydrogen) atoms. The molecular formula is C23H20N6O3. The maximum atomic E-state index is 12.6. The van der Waals surface area contributed by atoms with E-state index < -0.39 is 0 Å². The average Bonchev–Trinajstić information content (AvgIpc) is 3.40. The fourth-order valence-corrected chi connectivity index (χ4v) is 3.54. The van der Waals surface area contributed by atoms with Crippen LogP contribution in [0.5, 0.6) is 0 Å². The van der Waals surface area contributed by atoms with Crippen LogP contribution in [0.1, 0.15) is 27.6 Å². The van der Waals surface area contributed by atoms with Gasteiger partial charge >= 0.3 is 0 Å². The van der Waals surface area contributed by atoms with Gasteiger partial charge in [-0.15, -0.1) is 10.2 Å². The summed E-state index contributed by atoms with van der Waals surface area (Å²) in [5.74, 6) is 0.994. The summed E-state index contributed by atoms with van der Waals surface area (Å²) in [4.78, 5) is 29.2. The first-order valence-electron chi connectivity index (χ1n) is 10.2. The highest BCUT2D eigenvalue weighted by Gasteiger charge is 2.13. The number of hydrogen-bond donors (Lipinski definition) is 1. The van der Waals surface area contributed by atoms with Crippen molar-refractivity contribution >= 4 is 22.7 Å². The summed E-state index contributed by atoms with van der Waals surface area (Å²) in [6.45, 7) is 0.352. The van der Waals surface area contributed by atoms with E-state index in [4.69, 9.17) is 4.42 Å². The Morgan fingerprint density at radius 2 is 1.94 bits per heavy atom. The van der Waals surface area contributed by atoms with Gasteiger partial charge in [0.25, 0.3) is 11.5 Å². The molecule has 0 atom stereocenters. The topological polar surface area (TPSA) is 107 Å². The summed E-state index contributed by atoms with van der Waals surface area (Å²) >= 11 is 0. The predicted molar refractivity (Wildman–Crippen MR) is 118 cm³/mol. The minimum Gasteiger partial charge on any atom is -0.440 e. The molecule has 160 valence electrons. The Balaban J connectivity index is 1.26. The molecule has 1 amide bonds. The molecular weight excluding hydrogens is 408 g/mol. The van der Waals surface area contributed by atoms with Gasteiger partial charge in [-0.25, -0.2) is 4.98 Å². The Kier molecular flexibility index (Phi) is 4.98. The fraction of sp³-hybridized carbons (Fsp3) is 0.174. The first kappa shape index (κ1) is 19.7. The van der Waals surface area contributed by atoms with Crippen LogP contribution >= 0.6 is 0 Å². The van der Waals surface area contributed by atoms with Crippen LogP contribution in [0.4, 0.5) is 0 Å². The van der Waals surface area contributed by atoms with E-state index in [0.29, 0.717) is 47.8 Å². The summed E-state index contributed by atoms with van der Waals surface area (Å²) in [5, 5.41) is 10.9. The molecule has 0 aliphatic heterocycles. The average molecular weight is 428 g/mol. The van der Waals surface area contributed by atoms with Crippen LogP contribution in [0.2, 0.25) is 0 Å². The molecule has 0 saturated carbocycles. The fourth-order valence-electron chi connectivity index (χ4n) is 3.54. The highest BCUT2D eigenvalue weighted by atomic mass is 16.3. The minimum absolute atomic E-state index is 0.218. The molecule has 0 bridgehead atoms. The lowest BCUT2D eigenvalue weighted by Crippen LogP contribution is -2.26. The molecule has 0 fully saturated rings. The summed E-state index contributed by atoms with van der Waals surface area (Å²) in [6, 6.07) is 15.1. The molecule has 5 rings (SSSR count). The summed E-state index contributed by atoms with van der Waals surface area (Å²) in [7, 11) is 1.66. The van der Waals surface area contributed by atoms with Crippen molar-refractivity contribution in [2.75, 3.05) is 6.54 Å². The van der Waals surface area contributed by atoms with Gasteiger partial charge in [-0.3, -0.25) is 14.0 Å². The molecule has 0 aliphatic rings. The first-order chi connectivity index (χ1) is 15.6. The number of carbonyl (C=O) groups excluding carboxylic acids is 1. The smallest absolute Gasteiger partial charge is 0.295 e. The summed E-state index contributed by atoms with van der Waals surface area (Å²) in [5.41, 5.74) is 2.93. The van der Waals surface area contributed by atoms with Gasteiger partial charge in [0, 0.05) is 44.4 Å². The number of aryl methyl sites for hydroxylation is 1. The summed E-state index contributed by atoms with van der Waals surface area (Å²) in [6.07, 6.45) is 4.42. The van der Waals surface area contributed by atoms with E-state index in [2.05, 4.69) is 20.5 Å². The van der Waals surface area contributed by atoms with Crippen molar-refractivity contribution < 1.29 is 9.21 Å². The Bertz CT molecular complexity index is 1480. The number of benzene rings is 2. The Hall–Kier alpha value is -4.27. The van der Waals surface area contributed by atoms with Crippen LogP contribution in [0.15, 0.2) is 70.1 Å². The molecule has 0 saturated heterocycles. The number of nitrogens with one attached hydrogen (secondary N) is 1. The molecule has 2 aromatic carbocycles. The normalized spacial score (nSPS) is 11.3. The third-order valence-electron chi connectivity index (χ3n) is 5.24. The zero-order valence-electron chi connectivity index (χ0n) is 17.4. The molecule has 3 heterocycles. The maximum Gasteiger partial charge on any atom is 0.295 e. The van der Waals surface area contributed by atoms with E-state index in [9.17, 15) is 9.59 Å². The monoisotopic (exact) mass is 428 g/mol. The molecule has 3 aromatic heterocycles. The molecule has 9 heteroatoms. The number of fused-ring (bicyclic) bond motifs is 2. The third kappa shape index (κ3) is 3.76. The third-order valence-corrected chi connectivity index (χ3v) is 5.24. The van der Waals surface area contributed by atoms with Gasteiger partial charge in [-0.1, -0.05) is 30.3 Å². The molecule has 0 spiro atoms. The van der Waals surface area contributed by atoms with E-state index in [1.54, 1.807) is 42.0 Å². The number of carbonyl (C=O) groups is 1. The quantitative estimate of drug-likeness (QED) is 0.444. The lowest BCUT2D eigenvalue weighted by atomic mass is 10.1. The number of amides is 1. The first-order valence-corrected chi connectivity index (χ1v) is 10.2. The van der Waals surface area contributed by atoms with Crippen LogP contribution in [0, 0.1) is 0 Å². The standard InChI is InChI=1S/C23H20N6O3/c1-28-11-12-29-19(26-27-21(29)23(28)31)9-10-24-22(30)16-7-8-18-17(14-16)25-20(32-18)13-15-5-3-2-4-6-15/h2-8,11-12,14H,9-10,13H2,1H3,(H,24,30). The van der Waals surface area contributed by atoms with Crippen LogP contribution in [-0.4, -0.2) is 36.6 Å². The van der Waals surface area contributed by atoms with E-state index in [1.165, 1.54) is 4.57 Å². The van der Waals surface area contributed by atoms with E-state index in [-0.39, 0.29) is 17.1 Å². The molecule has 0 unspecified atom stereocenters. The highest BCUT2D eigenvalue weighted by Crippen LogP contribution is 2.19. The molecule has 0 radical (unpaired) electrons. The van der Waals surface area contributed by atoms with Crippen molar-refractivity contribution in [3.05, 3.63) is 94.1 Å². The number of rotatable bonds is 6. The number of aromatic nitrogens is 5. The van der Waals surface area contributed by atoms with Crippen molar-refractivity contribution in [2.45, 2.75) is 12.8 Å². The second-order valence-corrected chi connectivity index (χ2v) is 7.48. The van der Waals surface area contributed by atoms with Crippen LogP contribution in [0.25, 0.3) is 16.7 Å². The molecule has 5 aromatic rings. The van der Waals surface area contributed by atoms with Crippen molar-refractivity contribution in [3.8, 4) is 0 Å². The van der Waals surface area contributed by atoms with Crippen LogP contribution in [0.3, 0.4) is 0 Å². The largest absolute Gasteiger partial charge is 0.440 e. The number of oxazole rings is 1. The summed E-state index contributed by atoms with van der Waals surface area (Å²) < 4.78 is 8.90. The van der Waals surface area contributed by atoms with Gasteiger partial charge in [0.15, 0.2) is 11.5 Å². The number of nitrogens with zero attached hydrogens (tertiary/aromatic N) is 5. The van der Waals surface area contributed by atoms with Crippen molar-refractivity contribution in [2.24, 2.45) is 7.05 Å². The second-order valence-electron chi connectivity index (χ2n) is 7.48. The van der Waals surface area contributed by atoms with E-state index in [0.717, 1.165) is 5.56 Å². The molecule has 9 nitrogen and oxygen atoms in total. The Morgan fingerprint density at radius 1 is 1.09 bits per heavy atom. The SMILES string of the molecule is Cn1ccn2c(CCNC(=O)c3ccc4oc(Cc5ccccc5)nc4c3)nnc2c1=O. The Morgan fingerprint density at radius 3 is 2.78 bits per heavy atom. The predicted octanol–water partition coefficient (Wildman–Crippen LogP) is 2.13. The van der Waals surface area contributed by atoms with Gasteiger partial charge in [0.05, 0.1) is 0 Å². The lowest BCUT2D eigenvalue weighted by molar-refractivity contribution is 0.0954. The molecule has 0 aliphatic carbocycles. The Labute approximate surface area is 182 Å². The number of hydrogen-bond acceptors (Lipinski definition) is 6. The van der Waals surface area contributed by atoms with Gasteiger partial charge in [0.1, 0.15) is 11.3 Å². The van der Waals surface area contributed by atoms with Gasteiger partial charge < -0.3 is 14.3 Å². The maximum absolute atomic E-state index is 12.6. The van der Waals surface area contributed by atoms with Crippen molar-refractivity contribution in [1.82, 2.24) is 29.5 Å². The lowest BCUT2D eigenvalue weighted by Gasteiger charge is -2.05. The van der Waals surface area contributed by atoms with Crippen LogP contribution in [-0.2, 0) is 19.9 Å². The minimum atomic E-state index is -0.220. The van der Waals surface area contributed by atoms with Gasteiger partial charge in [-0.2, -0.15) is 0 Å². The van der Waals surface area contributed by atoms with Gasteiger partial charge in [0.2, 0.25) is 5.65 Å². The highest BCUT2D eigenvalue weighted by molar-refractivity contribution is 5.97. The van der Waals surface area contributed by atoms with Gasteiger partial charge in [-0.05, 0) is 23.8 Å². The zero-order valence-corrected chi connectivity index (χ0v) is 17.4.